The fourth-order valence-corrected chi connectivity index (χ4v) is 4.46. The minimum atomic E-state index is -3.58. The fraction of sp³-hybridized carbons (Fsp3) is 0.471. The van der Waals surface area contributed by atoms with E-state index < -0.39 is 10.2 Å². The molecular weight excluding hydrogens is 340 g/mol. The molecule has 0 bridgehead atoms. The molecule has 1 N–H and O–H groups in total. The standard InChI is InChI=1S/C17H24N4O3S/c1-24-16-8-12-21(13-9-16)25(22,23)19-17(14-20-11-5-10-18-20)15-6-3-2-4-7-15/h2-7,10-11,16-17,19H,8-9,12-14H2,1H3/t17-/m1/s1. The number of nitrogens with zero attached hydrogens (tertiary/aromatic N) is 3. The monoisotopic (exact) mass is 364 g/mol. The van der Waals surface area contributed by atoms with Gasteiger partial charge in [-0.2, -0.15) is 22.5 Å². The van der Waals surface area contributed by atoms with Crippen LogP contribution < -0.4 is 4.72 Å². The maximum absolute atomic E-state index is 12.8. The molecule has 0 spiro atoms. The van der Waals surface area contributed by atoms with Crippen LogP contribution in [-0.4, -0.2) is 48.8 Å². The molecule has 2 heterocycles. The van der Waals surface area contributed by atoms with E-state index in [1.165, 1.54) is 4.31 Å². The summed E-state index contributed by atoms with van der Waals surface area (Å²) >= 11 is 0. The molecule has 0 unspecified atom stereocenters. The van der Waals surface area contributed by atoms with Crippen LogP contribution in [0, 0.1) is 0 Å². The zero-order valence-corrected chi connectivity index (χ0v) is 15.1. The van der Waals surface area contributed by atoms with Gasteiger partial charge in [-0.1, -0.05) is 30.3 Å². The fourth-order valence-electron chi connectivity index (χ4n) is 3.05. The van der Waals surface area contributed by atoms with Gasteiger partial charge in [0.1, 0.15) is 0 Å². The molecular formula is C17H24N4O3S. The minimum absolute atomic E-state index is 0.139. The SMILES string of the molecule is COC1CCN(S(=O)(=O)N[C@H](Cn2cccn2)c2ccccc2)CC1. The highest BCUT2D eigenvalue weighted by atomic mass is 32.2. The molecule has 1 saturated heterocycles. The Labute approximate surface area is 148 Å². The third kappa shape index (κ3) is 4.66. The lowest BCUT2D eigenvalue weighted by Crippen LogP contribution is -2.47. The number of ether oxygens (including phenoxy) is 1. The average molecular weight is 364 g/mol. The first-order valence-corrected chi connectivity index (χ1v) is 9.85. The summed E-state index contributed by atoms with van der Waals surface area (Å²) < 4.78 is 37.1. The number of aromatic nitrogens is 2. The number of hydrogen-bond donors (Lipinski definition) is 1. The molecule has 8 heteroatoms. The van der Waals surface area contributed by atoms with E-state index in [0.717, 1.165) is 5.56 Å². The largest absolute Gasteiger partial charge is 0.381 e. The number of benzene rings is 1. The van der Waals surface area contributed by atoms with Gasteiger partial charge in [-0.15, -0.1) is 0 Å². The number of rotatable bonds is 7. The van der Waals surface area contributed by atoms with Gasteiger partial charge >= 0.3 is 0 Å². The summed E-state index contributed by atoms with van der Waals surface area (Å²) in [7, 11) is -1.91. The Bertz CT molecular complexity index is 741. The van der Waals surface area contributed by atoms with E-state index in [1.807, 2.05) is 42.6 Å². The topological polar surface area (TPSA) is 76.5 Å². The number of hydrogen-bond acceptors (Lipinski definition) is 4. The van der Waals surface area contributed by atoms with Crippen LogP contribution in [0.1, 0.15) is 24.4 Å². The molecule has 136 valence electrons. The maximum atomic E-state index is 12.8. The van der Waals surface area contributed by atoms with Gasteiger partial charge in [-0.05, 0) is 24.5 Å². The van der Waals surface area contributed by atoms with Crippen molar-refractivity contribution in [1.29, 1.82) is 0 Å². The van der Waals surface area contributed by atoms with E-state index in [2.05, 4.69) is 9.82 Å². The van der Waals surface area contributed by atoms with Crippen molar-refractivity contribution in [3.8, 4) is 0 Å². The molecule has 0 saturated carbocycles. The van der Waals surface area contributed by atoms with Crippen LogP contribution in [0.4, 0.5) is 0 Å². The first-order valence-electron chi connectivity index (χ1n) is 8.41. The van der Waals surface area contributed by atoms with Crippen molar-refractivity contribution >= 4 is 10.2 Å². The zero-order chi connectivity index (χ0) is 17.7. The molecule has 0 aliphatic carbocycles. The summed E-state index contributed by atoms with van der Waals surface area (Å²) in [6.07, 6.45) is 5.08. The summed E-state index contributed by atoms with van der Waals surface area (Å²) in [6, 6.07) is 11.0. The first-order chi connectivity index (χ1) is 12.1. The van der Waals surface area contributed by atoms with Crippen molar-refractivity contribution in [2.75, 3.05) is 20.2 Å². The predicted octanol–water partition coefficient (Wildman–Crippen LogP) is 1.57. The Kier molecular flexibility index (Phi) is 5.85. The highest BCUT2D eigenvalue weighted by Gasteiger charge is 2.30. The van der Waals surface area contributed by atoms with Crippen LogP contribution in [-0.2, 0) is 21.5 Å². The molecule has 3 rings (SSSR count). The van der Waals surface area contributed by atoms with Crippen LogP contribution >= 0.6 is 0 Å². The van der Waals surface area contributed by atoms with Gasteiger partial charge in [0.15, 0.2) is 0 Å². The molecule has 1 aliphatic heterocycles. The van der Waals surface area contributed by atoms with Crippen LogP contribution in [0.3, 0.4) is 0 Å². The van der Waals surface area contributed by atoms with E-state index in [4.69, 9.17) is 4.74 Å². The lowest BCUT2D eigenvalue weighted by Gasteiger charge is -2.32. The molecule has 1 atom stereocenters. The van der Waals surface area contributed by atoms with Crippen LogP contribution in [0.5, 0.6) is 0 Å². The Balaban J connectivity index is 1.75. The van der Waals surface area contributed by atoms with Crippen LogP contribution in [0.25, 0.3) is 0 Å². The maximum Gasteiger partial charge on any atom is 0.280 e. The number of methoxy groups -OCH3 is 1. The summed E-state index contributed by atoms with van der Waals surface area (Å²) in [4.78, 5) is 0. The van der Waals surface area contributed by atoms with E-state index >= 15 is 0 Å². The van der Waals surface area contributed by atoms with Crippen molar-refractivity contribution in [2.45, 2.75) is 31.5 Å². The van der Waals surface area contributed by atoms with Crippen LogP contribution in [0.15, 0.2) is 48.8 Å². The smallest absolute Gasteiger partial charge is 0.280 e. The quantitative estimate of drug-likeness (QED) is 0.809. The minimum Gasteiger partial charge on any atom is -0.381 e. The van der Waals surface area contributed by atoms with Crippen molar-refractivity contribution in [2.24, 2.45) is 0 Å². The lowest BCUT2D eigenvalue weighted by atomic mass is 10.1. The van der Waals surface area contributed by atoms with Gasteiger partial charge in [0.2, 0.25) is 0 Å². The highest BCUT2D eigenvalue weighted by molar-refractivity contribution is 7.87. The molecule has 1 fully saturated rings. The third-order valence-corrected chi connectivity index (χ3v) is 6.12. The molecule has 1 aromatic heterocycles. The Morgan fingerprint density at radius 3 is 2.56 bits per heavy atom. The summed E-state index contributed by atoms with van der Waals surface area (Å²) in [5, 5.41) is 4.20. The molecule has 1 aromatic carbocycles. The summed E-state index contributed by atoms with van der Waals surface area (Å²) in [5.41, 5.74) is 0.911. The molecule has 25 heavy (non-hydrogen) atoms. The van der Waals surface area contributed by atoms with E-state index in [9.17, 15) is 8.42 Å². The van der Waals surface area contributed by atoms with Gasteiger partial charge in [0.25, 0.3) is 10.2 Å². The van der Waals surface area contributed by atoms with Crippen molar-refractivity contribution in [3.05, 3.63) is 54.4 Å². The van der Waals surface area contributed by atoms with Crippen LogP contribution in [0.2, 0.25) is 0 Å². The van der Waals surface area contributed by atoms with E-state index in [-0.39, 0.29) is 12.1 Å². The van der Waals surface area contributed by atoms with Gasteiger partial charge in [-0.25, -0.2) is 0 Å². The first kappa shape index (κ1) is 18.1. The normalized spacial score (nSPS) is 18.3. The number of nitrogens with one attached hydrogen (secondary N) is 1. The second kappa shape index (κ2) is 8.09. The summed E-state index contributed by atoms with van der Waals surface area (Å²) in [5.74, 6) is 0. The van der Waals surface area contributed by atoms with Gasteiger partial charge in [0, 0.05) is 32.6 Å². The molecule has 0 amide bonds. The Morgan fingerprint density at radius 1 is 1.24 bits per heavy atom. The van der Waals surface area contributed by atoms with Gasteiger partial charge < -0.3 is 4.74 Å². The summed E-state index contributed by atoms with van der Waals surface area (Å²) in [6.45, 7) is 1.37. The van der Waals surface area contributed by atoms with Crippen molar-refractivity contribution in [1.82, 2.24) is 18.8 Å². The second-order valence-corrected chi connectivity index (χ2v) is 7.85. The molecule has 7 nitrogen and oxygen atoms in total. The van der Waals surface area contributed by atoms with Gasteiger partial charge in [0.05, 0.1) is 18.7 Å². The lowest BCUT2D eigenvalue weighted by molar-refractivity contribution is 0.0601. The highest BCUT2D eigenvalue weighted by Crippen LogP contribution is 2.20. The van der Waals surface area contributed by atoms with Crippen molar-refractivity contribution < 1.29 is 13.2 Å². The molecule has 0 radical (unpaired) electrons. The van der Waals surface area contributed by atoms with E-state index in [0.29, 0.717) is 32.5 Å². The van der Waals surface area contributed by atoms with Gasteiger partial charge in [-0.3, -0.25) is 4.68 Å². The zero-order valence-electron chi connectivity index (χ0n) is 14.3. The molecule has 1 aliphatic rings. The Morgan fingerprint density at radius 2 is 1.96 bits per heavy atom. The average Bonchev–Trinajstić information content (AvgIpc) is 3.15. The number of piperidine rings is 1. The van der Waals surface area contributed by atoms with Crippen molar-refractivity contribution in [3.63, 3.8) is 0 Å². The van der Waals surface area contributed by atoms with E-state index in [1.54, 1.807) is 18.0 Å². The third-order valence-electron chi connectivity index (χ3n) is 4.50. The molecule has 2 aromatic rings. The predicted molar refractivity (Wildman–Crippen MR) is 95.1 cm³/mol. The second-order valence-electron chi connectivity index (χ2n) is 6.15. The Hall–Kier alpha value is -1.74.